The van der Waals surface area contributed by atoms with Gasteiger partial charge in [0.1, 0.15) is 0 Å². The summed E-state index contributed by atoms with van der Waals surface area (Å²) in [6, 6.07) is 13.5. The Morgan fingerprint density at radius 3 is 1.50 bits per heavy atom. The number of hydrogen-bond acceptors (Lipinski definition) is 0. The van der Waals surface area contributed by atoms with Crippen LogP contribution >= 0.6 is 0 Å². The topological polar surface area (TPSA) is 0 Å². The van der Waals surface area contributed by atoms with E-state index in [1.165, 1.54) is 33.4 Å². The van der Waals surface area contributed by atoms with Gasteiger partial charge in [-0.2, -0.15) is 47.2 Å². The summed E-state index contributed by atoms with van der Waals surface area (Å²) in [5.41, 5.74) is 8.76. The molecule has 20 heavy (non-hydrogen) atoms. The molecule has 0 saturated carbocycles. The molecule has 0 saturated heterocycles. The summed E-state index contributed by atoms with van der Waals surface area (Å²) in [4.78, 5) is 0. The molecule has 0 nitrogen and oxygen atoms in total. The molecule has 2 unspecified atom stereocenters. The van der Waals surface area contributed by atoms with Crippen LogP contribution in [-0.4, -0.2) is 0 Å². The Balaban J connectivity index is 0.000000735. The molecule has 2 aromatic rings. The molecule has 0 bridgehead atoms. The second-order valence-corrected chi connectivity index (χ2v) is 5.53. The van der Waals surface area contributed by atoms with Crippen molar-refractivity contribution >= 4 is 0 Å². The van der Waals surface area contributed by atoms with E-state index in [9.17, 15) is 0 Å². The van der Waals surface area contributed by atoms with E-state index in [4.69, 9.17) is 0 Å². The first kappa shape index (κ1) is 16.8. The smallest absolute Gasteiger partial charge is 0 e. The third kappa shape index (κ3) is 2.37. The molecule has 0 spiro atoms. The van der Waals surface area contributed by atoms with Gasteiger partial charge in [-0.3, -0.25) is 0 Å². The predicted octanol–water partition coefficient (Wildman–Crippen LogP) is 4.69. The van der Waals surface area contributed by atoms with Crippen LogP contribution in [0.1, 0.15) is 47.9 Å². The standard InChI is InChI=1S/C18H16.2Y/c1-11-9-13-5-4-8-16-12(2)10-14-6-3-7-15(11)17(14)18(13)16;;/h3-12H,1-2H3;;/q-2;;. The fourth-order valence-electron chi connectivity index (χ4n) is 3.51. The molecular weight excluding hydrogens is 394 g/mol. The maximum Gasteiger partial charge on any atom is 0 e. The van der Waals surface area contributed by atoms with Gasteiger partial charge in [0, 0.05) is 65.4 Å². The SMILES string of the molecule is CC1[CH-]c2cccc3c2-c2c(cccc21)[CH-]C3C.[Y].[Y]. The quantitative estimate of drug-likeness (QED) is 0.554. The van der Waals surface area contributed by atoms with Crippen LogP contribution in [0.4, 0.5) is 0 Å². The fourth-order valence-corrected chi connectivity index (χ4v) is 3.51. The second kappa shape index (κ2) is 6.25. The van der Waals surface area contributed by atoms with Crippen molar-refractivity contribution in [2.75, 3.05) is 0 Å². The van der Waals surface area contributed by atoms with E-state index in [-0.39, 0.29) is 65.4 Å². The second-order valence-electron chi connectivity index (χ2n) is 5.53. The molecule has 2 atom stereocenters. The van der Waals surface area contributed by atoms with Crippen molar-refractivity contribution in [2.24, 2.45) is 0 Å². The van der Waals surface area contributed by atoms with E-state index in [2.05, 4.69) is 63.1 Å². The monoisotopic (exact) mass is 410 g/mol. The van der Waals surface area contributed by atoms with Crippen LogP contribution in [0.5, 0.6) is 0 Å². The molecule has 96 valence electrons. The van der Waals surface area contributed by atoms with E-state index in [0.717, 1.165) is 0 Å². The summed E-state index contributed by atoms with van der Waals surface area (Å²) >= 11 is 0. The Labute approximate surface area is 171 Å². The normalized spacial score (nSPS) is 20.5. The molecule has 0 aromatic heterocycles. The van der Waals surface area contributed by atoms with Crippen LogP contribution in [0, 0.1) is 12.8 Å². The summed E-state index contributed by atoms with van der Waals surface area (Å²) in [5, 5.41) is 0. The van der Waals surface area contributed by atoms with Crippen molar-refractivity contribution in [1.29, 1.82) is 0 Å². The Bertz CT molecular complexity index is 588. The zero-order chi connectivity index (χ0) is 12.3. The molecule has 4 rings (SSSR count). The number of benzene rings is 2. The van der Waals surface area contributed by atoms with Crippen molar-refractivity contribution in [3.8, 4) is 11.1 Å². The zero-order valence-corrected chi connectivity index (χ0v) is 17.6. The first-order valence-corrected chi connectivity index (χ1v) is 6.71. The fraction of sp³-hybridized carbons (Fsp3) is 0.222. The van der Waals surface area contributed by atoms with Gasteiger partial charge in [-0.25, -0.2) is 0 Å². The van der Waals surface area contributed by atoms with E-state index in [1.807, 2.05) is 0 Å². The average Bonchev–Trinajstić information content (AvgIpc) is 2.38. The van der Waals surface area contributed by atoms with E-state index in [1.54, 1.807) is 0 Å². The van der Waals surface area contributed by atoms with E-state index >= 15 is 0 Å². The Hall–Kier alpha value is 0.388. The number of hydrogen-bond donors (Lipinski definition) is 0. The molecule has 2 heteroatoms. The molecular formula is C18H16Y2-2. The van der Waals surface area contributed by atoms with Crippen molar-refractivity contribution in [1.82, 2.24) is 0 Å². The summed E-state index contributed by atoms with van der Waals surface area (Å²) in [6.07, 6.45) is 4.81. The molecule has 0 N–H and O–H groups in total. The van der Waals surface area contributed by atoms with Crippen LogP contribution in [0.25, 0.3) is 11.1 Å². The van der Waals surface area contributed by atoms with Crippen LogP contribution in [0.3, 0.4) is 0 Å². The van der Waals surface area contributed by atoms with Gasteiger partial charge in [-0.05, 0) is 0 Å². The predicted molar refractivity (Wildman–Crippen MR) is 75.5 cm³/mol. The van der Waals surface area contributed by atoms with Crippen LogP contribution in [-0.2, 0) is 65.4 Å². The third-order valence-corrected chi connectivity index (χ3v) is 4.35. The van der Waals surface area contributed by atoms with Gasteiger partial charge in [0.05, 0.1) is 0 Å². The van der Waals surface area contributed by atoms with Gasteiger partial charge in [0.2, 0.25) is 0 Å². The Kier molecular flexibility index (Phi) is 5.23. The average molecular weight is 410 g/mol. The van der Waals surface area contributed by atoms with Gasteiger partial charge in [0.15, 0.2) is 0 Å². The molecule has 2 aliphatic rings. The first-order valence-electron chi connectivity index (χ1n) is 6.71. The van der Waals surface area contributed by atoms with Gasteiger partial charge >= 0.3 is 0 Å². The first-order chi connectivity index (χ1) is 8.75. The summed E-state index contributed by atoms with van der Waals surface area (Å²) in [6.45, 7) is 4.59. The van der Waals surface area contributed by atoms with Crippen molar-refractivity contribution in [3.05, 3.63) is 71.5 Å². The molecule has 0 heterocycles. The number of rotatable bonds is 0. The van der Waals surface area contributed by atoms with Crippen molar-refractivity contribution in [2.45, 2.75) is 25.7 Å². The molecule has 2 aromatic carbocycles. The zero-order valence-electron chi connectivity index (χ0n) is 11.9. The van der Waals surface area contributed by atoms with Crippen LogP contribution in [0.15, 0.2) is 36.4 Å². The van der Waals surface area contributed by atoms with Gasteiger partial charge in [-0.15, -0.1) is 23.3 Å². The molecule has 2 aliphatic carbocycles. The van der Waals surface area contributed by atoms with Crippen molar-refractivity contribution < 1.29 is 65.4 Å². The summed E-state index contributed by atoms with van der Waals surface area (Å²) in [7, 11) is 0. The van der Waals surface area contributed by atoms with Gasteiger partial charge in [-0.1, -0.05) is 37.8 Å². The van der Waals surface area contributed by atoms with Crippen molar-refractivity contribution in [3.63, 3.8) is 0 Å². The Morgan fingerprint density at radius 1 is 0.700 bits per heavy atom. The minimum Gasteiger partial charge on any atom is -0.196 e. The van der Waals surface area contributed by atoms with Gasteiger partial charge < -0.3 is 0 Å². The Morgan fingerprint density at radius 2 is 1.10 bits per heavy atom. The molecule has 0 amide bonds. The maximum absolute atomic E-state index is 2.41. The van der Waals surface area contributed by atoms with E-state index < -0.39 is 0 Å². The van der Waals surface area contributed by atoms with Crippen LogP contribution < -0.4 is 0 Å². The summed E-state index contributed by atoms with van der Waals surface area (Å²) < 4.78 is 0. The largest absolute Gasteiger partial charge is 0.196 e. The minimum absolute atomic E-state index is 0. The minimum atomic E-state index is 0. The molecule has 0 fully saturated rings. The third-order valence-electron chi connectivity index (χ3n) is 4.35. The maximum atomic E-state index is 2.41. The summed E-state index contributed by atoms with van der Waals surface area (Å²) in [5.74, 6) is 1.04. The molecule has 0 aliphatic heterocycles. The van der Waals surface area contributed by atoms with Gasteiger partial charge in [0.25, 0.3) is 0 Å². The van der Waals surface area contributed by atoms with E-state index in [0.29, 0.717) is 11.8 Å². The molecule has 2 radical (unpaired) electrons. The van der Waals surface area contributed by atoms with Crippen LogP contribution in [0.2, 0.25) is 0 Å².